The average molecular weight is 466 g/mol. The fraction of sp³-hybridized carbons (Fsp3) is 0.519. The van der Waals surface area contributed by atoms with Crippen LogP contribution < -0.4 is 5.32 Å². The summed E-state index contributed by atoms with van der Waals surface area (Å²) in [5.41, 5.74) is 5.68. The fourth-order valence-corrected chi connectivity index (χ4v) is 5.27. The van der Waals surface area contributed by atoms with E-state index >= 15 is 0 Å². The minimum atomic E-state index is -0.303. The molecule has 0 spiro atoms. The number of anilines is 1. The van der Waals surface area contributed by atoms with E-state index in [2.05, 4.69) is 83.0 Å². The number of carbonyl (C=O) groups is 1. The molecule has 3 aromatic rings. The van der Waals surface area contributed by atoms with Crippen LogP contribution in [0.2, 0.25) is 0 Å². The zero-order chi connectivity index (χ0) is 24.2. The molecule has 0 radical (unpaired) electrons. The maximum absolute atomic E-state index is 12.7. The lowest BCUT2D eigenvalue weighted by Crippen LogP contribution is -2.34. The van der Waals surface area contributed by atoms with E-state index in [-0.39, 0.29) is 27.9 Å². The van der Waals surface area contributed by atoms with E-state index in [9.17, 15) is 4.79 Å². The van der Waals surface area contributed by atoms with Crippen LogP contribution in [0, 0.1) is 6.92 Å². The van der Waals surface area contributed by atoms with E-state index in [0.717, 1.165) is 10.8 Å². The third-order valence-corrected chi connectivity index (χ3v) is 8.11. The highest BCUT2D eigenvalue weighted by Crippen LogP contribution is 2.46. The minimum absolute atomic E-state index is 0.102. The van der Waals surface area contributed by atoms with E-state index < -0.39 is 0 Å². The number of furan rings is 1. The Bertz CT molecular complexity index is 1190. The fourth-order valence-electron chi connectivity index (χ4n) is 4.48. The normalized spacial score (nSPS) is 17.0. The lowest BCUT2D eigenvalue weighted by molar-refractivity contribution is 0.0995. The van der Waals surface area contributed by atoms with Crippen molar-refractivity contribution in [2.45, 2.75) is 90.9 Å². The van der Waals surface area contributed by atoms with Crippen molar-refractivity contribution in [1.82, 2.24) is 10.2 Å². The number of hydrogen-bond donors (Lipinski definition) is 1. The Morgan fingerprint density at radius 1 is 1.06 bits per heavy atom. The smallest absolute Gasteiger partial charge is 0.293 e. The van der Waals surface area contributed by atoms with Crippen LogP contribution in [0.15, 0.2) is 28.7 Å². The minimum Gasteiger partial charge on any atom is -0.456 e. The molecule has 1 aromatic carbocycles. The molecule has 1 N–H and O–H groups in total. The van der Waals surface area contributed by atoms with Gasteiger partial charge in [-0.3, -0.25) is 10.1 Å². The zero-order valence-corrected chi connectivity index (χ0v) is 21.9. The van der Waals surface area contributed by atoms with Crippen LogP contribution in [0.5, 0.6) is 0 Å². The second-order valence-corrected chi connectivity index (χ2v) is 12.6. The van der Waals surface area contributed by atoms with E-state index in [1.165, 1.54) is 46.4 Å². The van der Waals surface area contributed by atoms with Crippen molar-refractivity contribution in [1.29, 1.82) is 0 Å². The van der Waals surface area contributed by atoms with Gasteiger partial charge < -0.3 is 4.42 Å². The first-order valence-electron chi connectivity index (χ1n) is 11.6. The van der Waals surface area contributed by atoms with Crippen LogP contribution in [-0.4, -0.2) is 16.1 Å². The molecule has 0 aliphatic heterocycles. The summed E-state index contributed by atoms with van der Waals surface area (Å²) in [7, 11) is 0. The second-order valence-electron chi connectivity index (χ2n) is 11.7. The number of fused-ring (bicyclic) bond motifs is 1. The maximum atomic E-state index is 12.7. The number of hydrogen-bond acceptors (Lipinski definition) is 5. The van der Waals surface area contributed by atoms with Crippen molar-refractivity contribution in [3.05, 3.63) is 63.0 Å². The molecular weight excluding hydrogens is 430 g/mol. The zero-order valence-electron chi connectivity index (χ0n) is 21.0. The van der Waals surface area contributed by atoms with Crippen molar-refractivity contribution in [2.24, 2.45) is 0 Å². The first kappa shape index (κ1) is 23.7. The Labute approximate surface area is 201 Å². The van der Waals surface area contributed by atoms with Gasteiger partial charge >= 0.3 is 0 Å². The molecule has 0 saturated heterocycles. The molecule has 1 aliphatic rings. The van der Waals surface area contributed by atoms with Crippen molar-refractivity contribution >= 4 is 22.4 Å². The topological polar surface area (TPSA) is 68.0 Å². The summed E-state index contributed by atoms with van der Waals surface area (Å²) in [5, 5.41) is 12.5. The molecule has 1 amide bonds. The molecule has 33 heavy (non-hydrogen) atoms. The van der Waals surface area contributed by atoms with Crippen molar-refractivity contribution in [3.8, 4) is 0 Å². The predicted octanol–water partition coefficient (Wildman–Crippen LogP) is 6.93. The summed E-state index contributed by atoms with van der Waals surface area (Å²) in [6.07, 6.45) is 3.05. The van der Waals surface area contributed by atoms with Gasteiger partial charge in [0, 0.05) is 11.8 Å². The number of nitrogens with zero attached hydrogens (tertiary/aromatic N) is 2. The Kier molecular flexibility index (Phi) is 5.80. The van der Waals surface area contributed by atoms with E-state index in [1.54, 1.807) is 6.07 Å². The number of rotatable bonds is 4. The predicted molar refractivity (Wildman–Crippen MR) is 135 cm³/mol. The molecule has 0 atom stereocenters. The quantitative estimate of drug-likeness (QED) is 0.454. The molecule has 0 saturated carbocycles. The van der Waals surface area contributed by atoms with Crippen LogP contribution in [0.4, 0.5) is 5.13 Å². The summed E-state index contributed by atoms with van der Waals surface area (Å²) in [6, 6.07) is 8.36. The molecule has 2 heterocycles. The number of nitrogens with one attached hydrogen (secondary N) is 1. The molecule has 6 heteroatoms. The van der Waals surface area contributed by atoms with Gasteiger partial charge in [-0.2, -0.15) is 0 Å². The Balaban J connectivity index is 1.53. The van der Waals surface area contributed by atoms with E-state index in [1.807, 2.05) is 6.07 Å². The summed E-state index contributed by atoms with van der Waals surface area (Å²) < 4.78 is 5.93. The standard InChI is InChI=1S/C27H35N3O2S/c1-16-13-19-20(27(7,8)12-11-26(19,5)6)15-17(16)14-18-9-10-21(32-18)22(31)28-24-30-29-23(33-24)25(2,3)4/h9-10,13,15H,11-12,14H2,1-8H3,(H,28,30,31). The lowest BCUT2D eigenvalue weighted by Gasteiger charge is -2.42. The van der Waals surface area contributed by atoms with Gasteiger partial charge in [-0.05, 0) is 65.0 Å². The highest BCUT2D eigenvalue weighted by atomic mass is 32.1. The van der Waals surface area contributed by atoms with Gasteiger partial charge in [-0.15, -0.1) is 10.2 Å². The molecule has 1 aliphatic carbocycles. The highest BCUT2D eigenvalue weighted by Gasteiger charge is 2.37. The van der Waals surface area contributed by atoms with Crippen molar-refractivity contribution in [2.75, 3.05) is 5.32 Å². The van der Waals surface area contributed by atoms with Crippen LogP contribution >= 0.6 is 11.3 Å². The summed E-state index contributed by atoms with van der Waals surface area (Å²) in [4.78, 5) is 12.7. The Morgan fingerprint density at radius 3 is 2.30 bits per heavy atom. The molecule has 2 aromatic heterocycles. The molecule has 4 rings (SSSR count). The summed E-state index contributed by atoms with van der Waals surface area (Å²) in [6.45, 7) is 17.8. The van der Waals surface area contributed by atoms with E-state index in [0.29, 0.717) is 11.6 Å². The Hall–Kier alpha value is -2.47. The Morgan fingerprint density at radius 2 is 1.70 bits per heavy atom. The molecular formula is C27H35N3O2S. The molecule has 0 bridgehead atoms. The highest BCUT2D eigenvalue weighted by molar-refractivity contribution is 7.15. The second kappa shape index (κ2) is 8.08. The van der Waals surface area contributed by atoms with Crippen LogP contribution in [0.3, 0.4) is 0 Å². The number of aryl methyl sites for hydroxylation is 1. The van der Waals surface area contributed by atoms with Gasteiger partial charge in [0.1, 0.15) is 10.8 Å². The molecule has 0 fully saturated rings. The molecule has 176 valence electrons. The average Bonchev–Trinajstić information content (AvgIpc) is 3.36. The third kappa shape index (κ3) is 4.77. The largest absolute Gasteiger partial charge is 0.456 e. The van der Waals surface area contributed by atoms with Gasteiger partial charge in [-0.1, -0.05) is 71.9 Å². The van der Waals surface area contributed by atoms with Gasteiger partial charge in [0.05, 0.1) is 0 Å². The van der Waals surface area contributed by atoms with Crippen LogP contribution in [0.1, 0.15) is 105 Å². The van der Waals surface area contributed by atoms with Gasteiger partial charge in [-0.25, -0.2) is 0 Å². The number of carbonyl (C=O) groups excluding carboxylic acids is 1. The van der Waals surface area contributed by atoms with Gasteiger partial charge in [0.2, 0.25) is 5.13 Å². The van der Waals surface area contributed by atoms with Crippen LogP contribution in [0.25, 0.3) is 0 Å². The van der Waals surface area contributed by atoms with Crippen molar-refractivity contribution in [3.63, 3.8) is 0 Å². The SMILES string of the molecule is Cc1cc2c(cc1Cc1ccc(C(=O)Nc3nnc(C(C)(C)C)s3)o1)C(C)(C)CCC2(C)C. The maximum Gasteiger partial charge on any atom is 0.293 e. The summed E-state index contributed by atoms with van der Waals surface area (Å²) >= 11 is 1.39. The number of aromatic nitrogens is 2. The van der Waals surface area contributed by atoms with Crippen molar-refractivity contribution < 1.29 is 9.21 Å². The monoisotopic (exact) mass is 465 g/mol. The number of amides is 1. The third-order valence-electron chi connectivity index (χ3n) is 6.85. The lowest BCUT2D eigenvalue weighted by atomic mass is 9.62. The number of benzene rings is 1. The molecule has 5 nitrogen and oxygen atoms in total. The summed E-state index contributed by atoms with van der Waals surface area (Å²) in [5.74, 6) is 0.765. The first-order chi connectivity index (χ1) is 15.3. The van der Waals surface area contributed by atoms with Gasteiger partial charge in [0.25, 0.3) is 5.91 Å². The molecule has 0 unspecified atom stereocenters. The first-order valence-corrected chi connectivity index (χ1v) is 12.5. The van der Waals surface area contributed by atoms with Gasteiger partial charge in [0.15, 0.2) is 5.76 Å². The van der Waals surface area contributed by atoms with E-state index in [4.69, 9.17) is 4.42 Å². The van der Waals surface area contributed by atoms with Crippen LogP contribution in [-0.2, 0) is 22.7 Å².